The van der Waals surface area contributed by atoms with Gasteiger partial charge < -0.3 is 18.6 Å². The molecule has 0 N–H and O–H groups in total. The first-order chi connectivity index (χ1) is 12.1. The lowest BCUT2D eigenvalue weighted by Gasteiger charge is -2.33. The molecule has 0 unspecified atom stereocenters. The van der Waals surface area contributed by atoms with Gasteiger partial charge in [-0.1, -0.05) is 11.6 Å². The molecule has 7 heteroatoms. The van der Waals surface area contributed by atoms with Crippen LogP contribution in [0, 0.1) is 0 Å². The van der Waals surface area contributed by atoms with E-state index >= 15 is 0 Å². The van der Waals surface area contributed by atoms with Gasteiger partial charge >= 0.3 is 0 Å². The molecule has 6 nitrogen and oxygen atoms in total. The highest BCUT2D eigenvalue weighted by Crippen LogP contribution is 2.29. The monoisotopic (exact) mass is 359 g/mol. The van der Waals surface area contributed by atoms with E-state index in [0.717, 1.165) is 16.9 Å². The van der Waals surface area contributed by atoms with E-state index < -0.39 is 0 Å². The SMILES string of the molecule is COCc1cnc2n1CCN(C(=O)c1cc3cc(Cl)ccc3o1)[C@H]2C. The van der Waals surface area contributed by atoms with Crippen molar-refractivity contribution >= 4 is 28.5 Å². The number of carbonyl (C=O) groups excluding carboxylic acids is 1. The van der Waals surface area contributed by atoms with Gasteiger partial charge in [0.2, 0.25) is 0 Å². The highest BCUT2D eigenvalue weighted by Gasteiger charge is 2.32. The number of halogens is 1. The second kappa shape index (κ2) is 6.20. The number of methoxy groups -OCH3 is 1. The van der Waals surface area contributed by atoms with Gasteiger partial charge in [-0.25, -0.2) is 4.98 Å². The number of fused-ring (bicyclic) bond motifs is 2. The zero-order valence-corrected chi connectivity index (χ0v) is 14.8. The summed E-state index contributed by atoms with van der Waals surface area (Å²) in [4.78, 5) is 19.2. The molecule has 0 bridgehead atoms. The quantitative estimate of drug-likeness (QED) is 0.716. The maximum atomic E-state index is 12.9. The van der Waals surface area contributed by atoms with Crippen LogP contribution in [0.5, 0.6) is 0 Å². The smallest absolute Gasteiger partial charge is 0.290 e. The Bertz CT molecular complexity index is 946. The minimum atomic E-state index is -0.137. The number of amides is 1. The summed E-state index contributed by atoms with van der Waals surface area (Å²) in [5, 5.41) is 1.44. The zero-order valence-electron chi connectivity index (χ0n) is 14.0. The van der Waals surface area contributed by atoms with Crippen molar-refractivity contribution in [2.45, 2.75) is 26.1 Å². The first-order valence-electron chi connectivity index (χ1n) is 8.12. The van der Waals surface area contributed by atoms with E-state index in [9.17, 15) is 4.79 Å². The van der Waals surface area contributed by atoms with Gasteiger partial charge in [-0.05, 0) is 31.2 Å². The fourth-order valence-corrected chi connectivity index (χ4v) is 3.54. The molecule has 3 aromatic rings. The molecule has 0 aliphatic carbocycles. The Labute approximate surface area is 149 Å². The Kier molecular flexibility index (Phi) is 4.01. The van der Waals surface area contributed by atoms with Crippen molar-refractivity contribution in [3.8, 4) is 0 Å². The van der Waals surface area contributed by atoms with Crippen LogP contribution >= 0.6 is 11.6 Å². The second-order valence-corrected chi connectivity index (χ2v) is 6.60. The topological polar surface area (TPSA) is 60.5 Å². The highest BCUT2D eigenvalue weighted by molar-refractivity contribution is 6.31. The summed E-state index contributed by atoms with van der Waals surface area (Å²) in [6, 6.07) is 6.93. The van der Waals surface area contributed by atoms with Crippen LogP contribution in [-0.2, 0) is 17.9 Å². The first-order valence-corrected chi connectivity index (χ1v) is 8.49. The number of ether oxygens (including phenoxy) is 1. The van der Waals surface area contributed by atoms with Crippen LogP contribution in [0.2, 0.25) is 5.02 Å². The molecule has 3 heterocycles. The number of rotatable bonds is 3. The van der Waals surface area contributed by atoms with E-state index in [4.69, 9.17) is 20.8 Å². The second-order valence-electron chi connectivity index (χ2n) is 6.16. The van der Waals surface area contributed by atoms with Gasteiger partial charge in [0.1, 0.15) is 11.4 Å². The molecule has 0 fully saturated rings. The number of aromatic nitrogens is 2. The number of nitrogens with zero attached hydrogens (tertiary/aromatic N) is 3. The van der Waals surface area contributed by atoms with E-state index in [1.165, 1.54) is 0 Å². The molecular formula is C18H18ClN3O3. The van der Waals surface area contributed by atoms with E-state index in [1.54, 1.807) is 36.3 Å². The molecule has 25 heavy (non-hydrogen) atoms. The predicted octanol–water partition coefficient (Wildman–Crippen LogP) is 3.65. The maximum Gasteiger partial charge on any atom is 0.290 e. The van der Waals surface area contributed by atoms with Crippen molar-refractivity contribution in [1.29, 1.82) is 0 Å². The molecule has 1 aliphatic heterocycles. The molecular weight excluding hydrogens is 342 g/mol. The molecule has 130 valence electrons. The van der Waals surface area contributed by atoms with Gasteiger partial charge in [0.05, 0.1) is 24.5 Å². The van der Waals surface area contributed by atoms with Gasteiger partial charge in [-0.2, -0.15) is 0 Å². The number of hydrogen-bond donors (Lipinski definition) is 0. The van der Waals surface area contributed by atoms with Gasteiger partial charge in [0.15, 0.2) is 5.76 Å². The van der Waals surface area contributed by atoms with Crippen LogP contribution < -0.4 is 0 Å². The average Bonchev–Trinajstić information content (AvgIpc) is 3.19. The Morgan fingerprint density at radius 2 is 2.24 bits per heavy atom. The maximum absolute atomic E-state index is 12.9. The fourth-order valence-electron chi connectivity index (χ4n) is 3.36. The number of carbonyl (C=O) groups is 1. The Balaban J connectivity index is 1.63. The van der Waals surface area contributed by atoms with Crippen LogP contribution in [0.4, 0.5) is 0 Å². The van der Waals surface area contributed by atoms with Gasteiger partial charge in [0, 0.05) is 30.6 Å². The van der Waals surface area contributed by atoms with Crippen molar-refractivity contribution in [2.75, 3.05) is 13.7 Å². The third-order valence-corrected chi connectivity index (χ3v) is 4.85. The molecule has 0 radical (unpaired) electrons. The standard InChI is InChI=1S/C18H18ClN3O3/c1-11-17-20-9-14(10-24-2)22(17)6-5-21(11)18(23)16-8-12-7-13(19)3-4-15(12)25-16/h3-4,7-9,11H,5-6,10H2,1-2H3/t11-/m0/s1. The van der Waals surface area contributed by atoms with Gasteiger partial charge in [-0.15, -0.1) is 0 Å². The molecule has 0 saturated heterocycles. The van der Waals surface area contributed by atoms with Gasteiger partial charge in [-0.3, -0.25) is 4.79 Å². The Morgan fingerprint density at radius 3 is 3.04 bits per heavy atom. The number of imidazole rings is 1. The van der Waals surface area contributed by atoms with Crippen molar-refractivity contribution in [1.82, 2.24) is 14.5 Å². The van der Waals surface area contributed by atoms with E-state index in [-0.39, 0.29) is 11.9 Å². The van der Waals surface area contributed by atoms with Crippen LogP contribution in [-0.4, -0.2) is 34.0 Å². The van der Waals surface area contributed by atoms with Gasteiger partial charge in [0.25, 0.3) is 5.91 Å². The summed E-state index contributed by atoms with van der Waals surface area (Å²) >= 11 is 6.01. The lowest BCUT2D eigenvalue weighted by atomic mass is 10.2. The molecule has 1 atom stereocenters. The predicted molar refractivity (Wildman–Crippen MR) is 93.6 cm³/mol. The molecule has 4 rings (SSSR count). The van der Waals surface area contributed by atoms with Crippen LogP contribution in [0.25, 0.3) is 11.0 Å². The summed E-state index contributed by atoms with van der Waals surface area (Å²) in [6.07, 6.45) is 1.81. The molecule has 1 amide bonds. The summed E-state index contributed by atoms with van der Waals surface area (Å²) in [6.45, 7) is 3.78. The van der Waals surface area contributed by atoms with Crippen molar-refractivity contribution in [3.05, 3.63) is 52.8 Å². The van der Waals surface area contributed by atoms with Crippen LogP contribution in [0.1, 0.15) is 35.0 Å². The third-order valence-electron chi connectivity index (χ3n) is 4.62. The number of benzene rings is 1. The lowest BCUT2D eigenvalue weighted by molar-refractivity contribution is 0.0602. The number of furan rings is 1. The zero-order chi connectivity index (χ0) is 17.6. The first kappa shape index (κ1) is 16.2. The van der Waals surface area contributed by atoms with Crippen molar-refractivity contribution in [3.63, 3.8) is 0 Å². The molecule has 0 saturated carbocycles. The van der Waals surface area contributed by atoms with Crippen LogP contribution in [0.15, 0.2) is 34.9 Å². The van der Waals surface area contributed by atoms with Crippen molar-refractivity contribution in [2.24, 2.45) is 0 Å². The lowest BCUT2D eigenvalue weighted by Crippen LogP contribution is -2.41. The van der Waals surface area contributed by atoms with E-state index in [1.807, 2.05) is 13.1 Å². The summed E-state index contributed by atoms with van der Waals surface area (Å²) in [5.74, 6) is 1.05. The summed E-state index contributed by atoms with van der Waals surface area (Å²) in [7, 11) is 1.66. The average molecular weight is 360 g/mol. The summed E-state index contributed by atoms with van der Waals surface area (Å²) in [5.41, 5.74) is 1.68. The minimum Gasteiger partial charge on any atom is -0.451 e. The molecule has 0 spiro atoms. The highest BCUT2D eigenvalue weighted by atomic mass is 35.5. The summed E-state index contributed by atoms with van der Waals surface area (Å²) < 4.78 is 13.0. The fraction of sp³-hybridized carbons (Fsp3) is 0.333. The molecule has 1 aromatic carbocycles. The van der Waals surface area contributed by atoms with E-state index in [0.29, 0.717) is 36.1 Å². The number of hydrogen-bond acceptors (Lipinski definition) is 4. The largest absolute Gasteiger partial charge is 0.451 e. The Hall–Kier alpha value is -2.31. The third kappa shape index (κ3) is 2.71. The normalized spacial score (nSPS) is 17.1. The van der Waals surface area contributed by atoms with Crippen LogP contribution in [0.3, 0.4) is 0 Å². The minimum absolute atomic E-state index is 0.136. The van der Waals surface area contributed by atoms with Crippen molar-refractivity contribution < 1.29 is 13.9 Å². The van der Waals surface area contributed by atoms with E-state index in [2.05, 4.69) is 9.55 Å². The Morgan fingerprint density at radius 1 is 1.40 bits per heavy atom. The molecule has 1 aliphatic rings. The molecule has 2 aromatic heterocycles.